The Kier molecular flexibility index (Phi) is 10.8. The average Bonchev–Trinajstić information content (AvgIpc) is 3.76. The quantitative estimate of drug-likeness (QED) is 0.180. The van der Waals surface area contributed by atoms with Gasteiger partial charge in [0.05, 0.1) is 6.54 Å². The Morgan fingerprint density at radius 1 is 0.981 bits per heavy atom. The van der Waals surface area contributed by atoms with E-state index in [2.05, 4.69) is 41.7 Å². The average molecular weight is 710 g/mol. The summed E-state index contributed by atoms with van der Waals surface area (Å²) in [6.07, 6.45) is 3.08. The molecule has 2 bridgehead atoms. The number of nitrogens with zero attached hydrogens (tertiary/aromatic N) is 4. The highest BCUT2D eigenvalue weighted by Crippen LogP contribution is 2.35. The van der Waals surface area contributed by atoms with Crippen LogP contribution in [-0.2, 0) is 43.2 Å². The van der Waals surface area contributed by atoms with Gasteiger partial charge >= 0.3 is 0 Å². The smallest absolute Gasteiger partial charge is 0.252 e. The van der Waals surface area contributed by atoms with Gasteiger partial charge in [0.2, 0.25) is 29.5 Å². The Morgan fingerprint density at radius 2 is 1.73 bits per heavy atom. The first-order valence-electron chi connectivity index (χ1n) is 17.4. The van der Waals surface area contributed by atoms with Crippen LogP contribution in [0, 0.1) is 13.8 Å². The summed E-state index contributed by atoms with van der Waals surface area (Å²) in [6, 6.07) is 13.2. The lowest BCUT2D eigenvalue weighted by atomic mass is 10.0. The van der Waals surface area contributed by atoms with Crippen LogP contribution >= 0.6 is 0 Å². The normalized spacial score (nSPS) is 21.0. The number of aryl methyl sites for hydroxylation is 2. The van der Waals surface area contributed by atoms with Gasteiger partial charge in [-0.15, -0.1) is 0 Å². The van der Waals surface area contributed by atoms with Crippen molar-refractivity contribution in [1.82, 2.24) is 46.2 Å². The van der Waals surface area contributed by atoms with Crippen LogP contribution in [-0.4, -0.2) is 85.9 Å². The number of fused-ring (bicyclic) bond motifs is 16. The van der Waals surface area contributed by atoms with E-state index >= 15 is 0 Å². The Hall–Kier alpha value is -5.86. The van der Waals surface area contributed by atoms with Gasteiger partial charge < -0.3 is 31.3 Å². The summed E-state index contributed by atoms with van der Waals surface area (Å²) in [5, 5.41) is 18.3. The third-order valence-electron chi connectivity index (χ3n) is 9.48. The van der Waals surface area contributed by atoms with Gasteiger partial charge in [-0.2, -0.15) is 10.1 Å². The number of ether oxygens (including phenoxy) is 1. The van der Waals surface area contributed by atoms with Crippen molar-refractivity contribution < 1.29 is 28.7 Å². The second kappa shape index (κ2) is 15.6. The van der Waals surface area contributed by atoms with Crippen molar-refractivity contribution in [3.63, 3.8) is 0 Å². The first kappa shape index (κ1) is 35.9. The molecule has 7 rings (SSSR count). The van der Waals surface area contributed by atoms with Gasteiger partial charge in [-0.1, -0.05) is 42.5 Å². The van der Waals surface area contributed by atoms with Crippen LogP contribution in [0.1, 0.15) is 54.3 Å². The first-order chi connectivity index (χ1) is 25.0. The maximum Gasteiger partial charge on any atom is 0.252 e. The number of hydrogen-bond donors (Lipinski definition) is 5. The largest absolute Gasteiger partial charge is 0.492 e. The topological polar surface area (TPSA) is 198 Å². The molecule has 2 aromatic carbocycles. The maximum absolute atomic E-state index is 13.8. The Bertz CT molecular complexity index is 1960. The minimum atomic E-state index is -1.07. The molecule has 5 N–H and O–H groups in total. The summed E-state index contributed by atoms with van der Waals surface area (Å²) in [6.45, 7) is 5.66. The molecule has 0 radical (unpaired) electrons. The maximum atomic E-state index is 13.8. The minimum absolute atomic E-state index is 0.0739. The van der Waals surface area contributed by atoms with Crippen molar-refractivity contribution in [2.75, 3.05) is 13.2 Å². The second-order valence-electron chi connectivity index (χ2n) is 13.4. The number of carbonyl (C=O) groups excluding carboxylic acids is 5. The predicted molar refractivity (Wildman–Crippen MR) is 189 cm³/mol. The lowest BCUT2D eigenvalue weighted by molar-refractivity contribution is -0.134. The molecule has 2 aromatic heterocycles. The third-order valence-corrected chi connectivity index (χ3v) is 9.48. The van der Waals surface area contributed by atoms with E-state index in [0.29, 0.717) is 30.8 Å². The van der Waals surface area contributed by atoms with E-state index in [-0.39, 0.29) is 44.2 Å². The van der Waals surface area contributed by atoms with Crippen LogP contribution in [0.15, 0.2) is 60.9 Å². The molecule has 3 aliphatic rings. The molecular formula is C37H43N9O6. The summed E-state index contributed by atoms with van der Waals surface area (Å²) in [7, 11) is 0. The van der Waals surface area contributed by atoms with Gasteiger partial charge in [-0.3, -0.25) is 24.0 Å². The van der Waals surface area contributed by atoms with Gasteiger partial charge in [0.25, 0.3) is 5.78 Å². The van der Waals surface area contributed by atoms with Crippen molar-refractivity contribution >= 4 is 35.3 Å². The zero-order valence-electron chi connectivity index (χ0n) is 29.4. The van der Waals surface area contributed by atoms with Crippen molar-refractivity contribution in [1.29, 1.82) is 0 Å². The number of nitrogens with one attached hydrogen (secondary N) is 5. The molecule has 15 heteroatoms. The molecule has 0 saturated heterocycles. The van der Waals surface area contributed by atoms with Gasteiger partial charge in [0.1, 0.15) is 42.3 Å². The fourth-order valence-corrected chi connectivity index (χ4v) is 6.28. The summed E-state index contributed by atoms with van der Waals surface area (Å²) >= 11 is 0. The van der Waals surface area contributed by atoms with Crippen LogP contribution in [0.2, 0.25) is 0 Å². The third kappa shape index (κ3) is 8.53. The van der Waals surface area contributed by atoms with Gasteiger partial charge in [-0.05, 0) is 68.9 Å². The second-order valence-corrected chi connectivity index (χ2v) is 13.4. The number of aromatic nitrogens is 4. The van der Waals surface area contributed by atoms with Crippen LogP contribution in [0.4, 0.5) is 0 Å². The van der Waals surface area contributed by atoms with E-state index < -0.39 is 41.4 Å². The molecule has 15 nitrogen and oxygen atoms in total. The van der Waals surface area contributed by atoms with E-state index in [1.807, 2.05) is 44.2 Å². The van der Waals surface area contributed by atoms with Crippen LogP contribution in [0.25, 0.3) is 5.78 Å². The SMILES string of the molecule is Cc1nc2ncnn2c(C)c1CCC(=O)N[C@H]1Cc2ccc(cc2)OCCNC(=O)C2(CC2)NC(=O)[C@@H](Cc2ccccc2)NC(=O)[C@H](C)NC1=O. The summed E-state index contributed by atoms with van der Waals surface area (Å²) in [5.41, 5.74) is 2.90. The Labute approximate surface area is 300 Å². The van der Waals surface area contributed by atoms with Crippen LogP contribution < -0.4 is 31.3 Å². The fraction of sp³-hybridized carbons (Fsp3) is 0.405. The first-order valence-corrected chi connectivity index (χ1v) is 17.4. The number of amides is 5. The highest BCUT2D eigenvalue weighted by Gasteiger charge is 2.51. The fourth-order valence-electron chi connectivity index (χ4n) is 6.28. The molecule has 4 heterocycles. The molecule has 52 heavy (non-hydrogen) atoms. The van der Waals surface area contributed by atoms with E-state index in [0.717, 1.165) is 28.1 Å². The number of carbonyl (C=O) groups is 5. The monoisotopic (exact) mass is 709 g/mol. The van der Waals surface area contributed by atoms with E-state index in [1.165, 1.54) is 13.3 Å². The molecule has 1 aliphatic carbocycles. The number of rotatable bonds is 6. The molecule has 1 spiro atoms. The van der Waals surface area contributed by atoms with Gasteiger partial charge in [0.15, 0.2) is 0 Å². The molecule has 0 unspecified atom stereocenters. The molecule has 272 valence electrons. The van der Waals surface area contributed by atoms with Gasteiger partial charge in [-0.25, -0.2) is 9.50 Å². The van der Waals surface area contributed by atoms with Crippen LogP contribution in [0.5, 0.6) is 5.75 Å². The zero-order valence-corrected chi connectivity index (χ0v) is 29.4. The summed E-state index contributed by atoms with van der Waals surface area (Å²) in [5.74, 6) is -1.32. The summed E-state index contributed by atoms with van der Waals surface area (Å²) < 4.78 is 7.44. The number of benzene rings is 2. The Balaban J connectivity index is 1.20. The van der Waals surface area contributed by atoms with E-state index in [1.54, 1.807) is 28.8 Å². The van der Waals surface area contributed by atoms with E-state index in [4.69, 9.17) is 4.74 Å². The van der Waals surface area contributed by atoms with Crippen molar-refractivity contribution in [2.24, 2.45) is 0 Å². The molecule has 3 atom stereocenters. The molecule has 4 aromatic rings. The molecule has 1 fully saturated rings. The Morgan fingerprint density at radius 3 is 2.46 bits per heavy atom. The summed E-state index contributed by atoms with van der Waals surface area (Å²) in [4.78, 5) is 76.0. The van der Waals surface area contributed by atoms with Crippen molar-refractivity contribution in [2.45, 2.75) is 83.0 Å². The number of hydrogen-bond acceptors (Lipinski definition) is 9. The lowest BCUT2D eigenvalue weighted by Crippen LogP contribution is -2.59. The van der Waals surface area contributed by atoms with Crippen molar-refractivity contribution in [3.05, 3.63) is 89.0 Å². The van der Waals surface area contributed by atoms with Crippen molar-refractivity contribution in [3.8, 4) is 5.75 Å². The molecular weight excluding hydrogens is 666 g/mol. The lowest BCUT2D eigenvalue weighted by Gasteiger charge is -2.25. The molecule has 2 aliphatic heterocycles. The standard InChI is InChI=1S/C37H43N9O6/c1-22-28(24(3)46-36(42-22)39-21-40-46)13-14-31(47)43-29-20-26-9-11-27(12-10-26)52-18-17-38-35(51)37(15-16-37)45-34(50)30(19-25-7-5-4-6-8-25)44-32(48)23(2)41-33(29)49/h4-12,21,23,29-30H,13-20H2,1-3H3,(H,38,51)(H,41,49)(H,43,47)(H,44,48)(H,45,50)/t23-,29-,30+/m0/s1. The van der Waals surface area contributed by atoms with E-state index in [9.17, 15) is 24.0 Å². The highest BCUT2D eigenvalue weighted by atomic mass is 16.5. The van der Waals surface area contributed by atoms with Gasteiger partial charge in [0, 0.05) is 30.7 Å². The minimum Gasteiger partial charge on any atom is -0.492 e. The molecule has 5 amide bonds. The highest BCUT2D eigenvalue weighted by molar-refractivity contribution is 5.98. The zero-order chi connectivity index (χ0) is 36.8. The molecule has 1 saturated carbocycles. The van der Waals surface area contributed by atoms with Crippen LogP contribution in [0.3, 0.4) is 0 Å². The predicted octanol–water partition coefficient (Wildman–Crippen LogP) is 0.791.